The maximum atomic E-state index is 11.1. The molecule has 2 aromatic heterocycles. The molecule has 1 aromatic carbocycles. The number of nitrogens with two attached hydrogens (primary N) is 1. The molecule has 154 valence electrons. The van der Waals surface area contributed by atoms with Crippen LogP contribution in [-0.4, -0.2) is 54.9 Å². The van der Waals surface area contributed by atoms with Crippen molar-refractivity contribution in [1.29, 1.82) is 0 Å². The van der Waals surface area contributed by atoms with Crippen LogP contribution in [0, 0.1) is 0 Å². The number of fused-ring (bicyclic) bond motifs is 2. The molecule has 0 aliphatic carbocycles. The first kappa shape index (κ1) is 19.7. The van der Waals surface area contributed by atoms with E-state index in [4.69, 9.17) is 19.8 Å². The minimum absolute atomic E-state index is 0.164. The lowest BCUT2D eigenvalue weighted by molar-refractivity contribution is 0.174. The molecular formula is C17H20N6O4S2. The summed E-state index contributed by atoms with van der Waals surface area (Å²) < 4.78 is 33.1. The molecule has 1 aliphatic heterocycles. The first-order chi connectivity index (χ1) is 13.9. The topological polar surface area (TPSA) is 129 Å². The number of aryl methyl sites for hydroxylation is 1. The fourth-order valence-electron chi connectivity index (χ4n) is 3.00. The molecule has 1 unspecified atom stereocenters. The molecule has 0 radical (unpaired) electrons. The minimum Gasteiger partial charge on any atom is -0.454 e. The number of anilines is 2. The summed E-state index contributed by atoms with van der Waals surface area (Å²) in [5.74, 6) is 1.83. The van der Waals surface area contributed by atoms with Crippen molar-refractivity contribution in [3.8, 4) is 11.5 Å². The SMILES string of the molecule is CN(C)c1cc2c(cc1Sc1nc3c(N)ncnc3n1CCCS(=O)O)OCO2. The fraction of sp³-hybridized carbons (Fsp3) is 0.353. The van der Waals surface area contributed by atoms with Crippen LogP contribution in [0.5, 0.6) is 11.5 Å². The lowest BCUT2D eigenvalue weighted by atomic mass is 10.2. The van der Waals surface area contributed by atoms with Gasteiger partial charge in [0, 0.05) is 37.7 Å². The average molecular weight is 437 g/mol. The Morgan fingerprint density at radius 1 is 1.31 bits per heavy atom. The second-order valence-electron chi connectivity index (χ2n) is 6.53. The van der Waals surface area contributed by atoms with E-state index in [2.05, 4.69) is 15.0 Å². The number of ether oxygens (including phenoxy) is 2. The highest BCUT2D eigenvalue weighted by atomic mass is 32.2. The zero-order valence-electron chi connectivity index (χ0n) is 15.9. The molecule has 3 heterocycles. The van der Waals surface area contributed by atoms with Crippen molar-refractivity contribution in [2.24, 2.45) is 0 Å². The van der Waals surface area contributed by atoms with Crippen LogP contribution in [0.1, 0.15) is 6.42 Å². The van der Waals surface area contributed by atoms with Crippen LogP contribution in [0.15, 0.2) is 28.5 Å². The smallest absolute Gasteiger partial charge is 0.231 e. The molecule has 0 saturated carbocycles. The predicted molar refractivity (Wildman–Crippen MR) is 111 cm³/mol. The van der Waals surface area contributed by atoms with Gasteiger partial charge in [-0.1, -0.05) is 0 Å². The molecular weight excluding hydrogens is 416 g/mol. The van der Waals surface area contributed by atoms with E-state index in [9.17, 15) is 4.21 Å². The fourth-order valence-corrected chi connectivity index (χ4v) is 4.51. The number of benzene rings is 1. The Kier molecular flexibility index (Phi) is 5.48. The molecule has 0 saturated heterocycles. The highest BCUT2D eigenvalue weighted by molar-refractivity contribution is 7.99. The Balaban J connectivity index is 1.76. The van der Waals surface area contributed by atoms with E-state index in [1.807, 2.05) is 35.7 Å². The summed E-state index contributed by atoms with van der Waals surface area (Å²) in [7, 11) is 3.90. The second kappa shape index (κ2) is 8.05. The third kappa shape index (κ3) is 3.95. The monoisotopic (exact) mass is 436 g/mol. The number of hydrogen-bond acceptors (Lipinski definition) is 9. The standard InChI is InChI=1S/C17H20N6O4S2/c1-22(2)10-6-11-12(27-9-26-11)7-13(10)28-17-21-14-15(18)19-8-20-16(14)23(17)4-3-5-29(24)25/h6-8H,3-5,9H2,1-2H3,(H,24,25)(H2,18,19,20). The van der Waals surface area contributed by atoms with E-state index < -0.39 is 11.1 Å². The van der Waals surface area contributed by atoms with Gasteiger partial charge in [-0.3, -0.25) is 0 Å². The van der Waals surface area contributed by atoms with Gasteiger partial charge in [-0.25, -0.2) is 19.2 Å². The van der Waals surface area contributed by atoms with Crippen LogP contribution >= 0.6 is 11.8 Å². The van der Waals surface area contributed by atoms with Crippen LogP contribution in [0.2, 0.25) is 0 Å². The molecule has 0 amide bonds. The van der Waals surface area contributed by atoms with E-state index >= 15 is 0 Å². The Bertz CT molecular complexity index is 1090. The van der Waals surface area contributed by atoms with E-state index in [0.717, 1.165) is 10.6 Å². The molecule has 0 fully saturated rings. The van der Waals surface area contributed by atoms with Gasteiger partial charge in [-0.2, -0.15) is 0 Å². The number of hydrogen-bond donors (Lipinski definition) is 2. The normalized spacial score (nSPS) is 13.8. The molecule has 10 nitrogen and oxygen atoms in total. The largest absolute Gasteiger partial charge is 0.454 e. The molecule has 1 aliphatic rings. The van der Waals surface area contributed by atoms with Crippen LogP contribution in [0.25, 0.3) is 11.2 Å². The van der Waals surface area contributed by atoms with Gasteiger partial charge in [-0.05, 0) is 18.2 Å². The summed E-state index contributed by atoms with van der Waals surface area (Å²) in [5.41, 5.74) is 8.04. The van der Waals surface area contributed by atoms with Crippen molar-refractivity contribution in [3.05, 3.63) is 18.5 Å². The summed E-state index contributed by atoms with van der Waals surface area (Å²) in [6.45, 7) is 0.669. The lowest BCUT2D eigenvalue weighted by Crippen LogP contribution is -2.10. The van der Waals surface area contributed by atoms with Gasteiger partial charge in [0.25, 0.3) is 0 Å². The Labute approximate surface area is 173 Å². The molecule has 0 bridgehead atoms. The number of nitrogen functional groups attached to an aromatic ring is 1. The minimum atomic E-state index is -1.85. The maximum Gasteiger partial charge on any atom is 0.231 e. The van der Waals surface area contributed by atoms with Gasteiger partial charge in [0.15, 0.2) is 44.7 Å². The number of rotatable bonds is 7. The summed E-state index contributed by atoms with van der Waals surface area (Å²) in [5, 5.41) is 0.665. The van der Waals surface area contributed by atoms with Gasteiger partial charge in [0.2, 0.25) is 6.79 Å². The van der Waals surface area contributed by atoms with E-state index in [-0.39, 0.29) is 12.5 Å². The van der Waals surface area contributed by atoms with Gasteiger partial charge in [0.1, 0.15) is 6.33 Å². The van der Waals surface area contributed by atoms with Gasteiger partial charge < -0.3 is 29.2 Å². The van der Waals surface area contributed by atoms with Crippen LogP contribution < -0.4 is 20.1 Å². The van der Waals surface area contributed by atoms with E-state index in [1.165, 1.54) is 18.1 Å². The van der Waals surface area contributed by atoms with Gasteiger partial charge in [0.05, 0.1) is 11.4 Å². The molecule has 4 rings (SSSR count). The third-order valence-electron chi connectivity index (χ3n) is 4.36. The molecule has 12 heteroatoms. The highest BCUT2D eigenvalue weighted by Gasteiger charge is 2.22. The van der Waals surface area contributed by atoms with Gasteiger partial charge in [-0.15, -0.1) is 0 Å². The average Bonchev–Trinajstić information content (AvgIpc) is 3.26. The first-order valence-electron chi connectivity index (χ1n) is 8.77. The zero-order valence-corrected chi connectivity index (χ0v) is 17.5. The zero-order chi connectivity index (χ0) is 20.5. The molecule has 29 heavy (non-hydrogen) atoms. The van der Waals surface area contributed by atoms with Gasteiger partial charge >= 0.3 is 0 Å². The lowest BCUT2D eigenvalue weighted by Gasteiger charge is -2.18. The third-order valence-corrected chi connectivity index (χ3v) is 6.04. The first-order valence-corrected chi connectivity index (χ1v) is 10.9. The maximum absolute atomic E-state index is 11.1. The van der Waals surface area contributed by atoms with Crippen molar-refractivity contribution >= 4 is 45.5 Å². The number of nitrogens with zero attached hydrogens (tertiary/aromatic N) is 5. The summed E-state index contributed by atoms with van der Waals surface area (Å²) in [6.07, 6.45) is 1.88. The Morgan fingerprint density at radius 2 is 2.07 bits per heavy atom. The summed E-state index contributed by atoms with van der Waals surface area (Å²) in [6, 6.07) is 3.85. The van der Waals surface area contributed by atoms with E-state index in [0.29, 0.717) is 46.6 Å². The number of aromatic nitrogens is 4. The van der Waals surface area contributed by atoms with Crippen molar-refractivity contribution in [3.63, 3.8) is 0 Å². The van der Waals surface area contributed by atoms with Crippen molar-refractivity contribution in [2.75, 3.05) is 37.3 Å². The predicted octanol–water partition coefficient (Wildman–Crippen LogP) is 1.97. The quantitative estimate of drug-likeness (QED) is 0.530. The van der Waals surface area contributed by atoms with Crippen molar-refractivity contribution < 1.29 is 18.2 Å². The summed E-state index contributed by atoms with van der Waals surface area (Å²) >= 11 is -0.413. The molecule has 0 spiro atoms. The van der Waals surface area contributed by atoms with E-state index in [1.54, 1.807) is 0 Å². The molecule has 3 N–H and O–H groups in total. The molecule has 3 aromatic rings. The van der Waals surface area contributed by atoms with Crippen LogP contribution in [-0.2, 0) is 17.6 Å². The Hall–Kier alpha value is -2.57. The van der Waals surface area contributed by atoms with Crippen LogP contribution in [0.3, 0.4) is 0 Å². The summed E-state index contributed by atoms with van der Waals surface area (Å²) in [4.78, 5) is 15.9. The van der Waals surface area contributed by atoms with Crippen LogP contribution in [0.4, 0.5) is 11.5 Å². The second-order valence-corrected chi connectivity index (χ2v) is 8.59. The molecule has 1 atom stereocenters. The highest BCUT2D eigenvalue weighted by Crippen LogP contribution is 2.44. The number of imidazole rings is 1. The van der Waals surface area contributed by atoms with Crippen molar-refractivity contribution in [2.45, 2.75) is 23.0 Å². The van der Waals surface area contributed by atoms with Crippen molar-refractivity contribution in [1.82, 2.24) is 19.5 Å². The Morgan fingerprint density at radius 3 is 2.79 bits per heavy atom.